The lowest BCUT2D eigenvalue weighted by atomic mass is 9.64. The van der Waals surface area contributed by atoms with Crippen molar-refractivity contribution in [3.8, 4) is 6.07 Å². The Balaban J connectivity index is 2.54. The van der Waals surface area contributed by atoms with Gasteiger partial charge in [-0.3, -0.25) is 9.78 Å². The summed E-state index contributed by atoms with van der Waals surface area (Å²) in [4.78, 5) is 14.2. The lowest BCUT2D eigenvalue weighted by Gasteiger charge is -2.35. The summed E-state index contributed by atoms with van der Waals surface area (Å²) in [6, 6.07) is 4.37. The van der Waals surface area contributed by atoms with E-state index in [0.29, 0.717) is 0 Å². The Morgan fingerprint density at radius 3 is 2.53 bits per heavy atom. The standard InChI is InChI=1S/C11H7F3N2O/c12-11(13,14)9-8(2-1-3-16-9)10(6-15)4-7(17)5-10/h1-3H,4-5H2. The second-order valence-corrected chi connectivity index (χ2v) is 3.98. The van der Waals surface area contributed by atoms with E-state index in [1.807, 2.05) is 6.07 Å². The number of hydrogen-bond acceptors (Lipinski definition) is 3. The number of ketones is 1. The Kier molecular flexibility index (Phi) is 2.42. The highest BCUT2D eigenvalue weighted by atomic mass is 19.4. The molecule has 1 aliphatic carbocycles. The number of nitriles is 1. The van der Waals surface area contributed by atoms with Crippen LogP contribution in [0.5, 0.6) is 0 Å². The van der Waals surface area contributed by atoms with Gasteiger partial charge in [0.1, 0.15) is 11.5 Å². The number of carbonyl (C=O) groups excluding carboxylic acids is 1. The second kappa shape index (κ2) is 3.55. The largest absolute Gasteiger partial charge is 0.433 e. The first-order valence-corrected chi connectivity index (χ1v) is 4.85. The normalized spacial score (nSPS) is 18.4. The van der Waals surface area contributed by atoms with Crippen LogP contribution >= 0.6 is 0 Å². The Bertz CT molecular complexity index is 508. The van der Waals surface area contributed by atoms with Crippen LogP contribution in [0.25, 0.3) is 0 Å². The molecule has 3 nitrogen and oxygen atoms in total. The number of aromatic nitrogens is 1. The Labute approximate surface area is 94.9 Å². The van der Waals surface area contributed by atoms with Crippen molar-refractivity contribution in [2.75, 3.05) is 0 Å². The minimum Gasteiger partial charge on any atom is -0.300 e. The van der Waals surface area contributed by atoms with Crippen LogP contribution in [0.2, 0.25) is 0 Å². The van der Waals surface area contributed by atoms with Gasteiger partial charge in [-0.15, -0.1) is 0 Å². The van der Waals surface area contributed by atoms with Gasteiger partial charge in [0.15, 0.2) is 0 Å². The lowest BCUT2D eigenvalue weighted by molar-refractivity contribution is -0.143. The van der Waals surface area contributed by atoms with Crippen molar-refractivity contribution in [1.82, 2.24) is 4.98 Å². The van der Waals surface area contributed by atoms with E-state index < -0.39 is 17.3 Å². The quantitative estimate of drug-likeness (QED) is 0.756. The second-order valence-electron chi connectivity index (χ2n) is 3.98. The molecule has 0 aromatic carbocycles. The minimum atomic E-state index is -4.61. The number of carbonyl (C=O) groups is 1. The molecule has 0 radical (unpaired) electrons. The van der Waals surface area contributed by atoms with Crippen molar-refractivity contribution < 1.29 is 18.0 Å². The van der Waals surface area contributed by atoms with Crippen molar-refractivity contribution in [1.29, 1.82) is 5.26 Å². The molecular formula is C11H7F3N2O. The molecule has 6 heteroatoms. The Hall–Kier alpha value is -1.90. The fraction of sp³-hybridized carbons (Fsp3) is 0.364. The third-order valence-corrected chi connectivity index (χ3v) is 2.80. The molecule has 1 aromatic heterocycles. The van der Waals surface area contributed by atoms with Crippen LogP contribution in [0.1, 0.15) is 24.1 Å². The number of alkyl halides is 3. The average molecular weight is 240 g/mol. The molecule has 0 saturated heterocycles. The van der Waals surface area contributed by atoms with Gasteiger partial charge in [0.05, 0.1) is 11.5 Å². The number of nitrogens with zero attached hydrogens (tertiary/aromatic N) is 2. The van der Waals surface area contributed by atoms with Crippen LogP contribution in [0.3, 0.4) is 0 Å². The van der Waals surface area contributed by atoms with Crippen LogP contribution in [0.15, 0.2) is 18.3 Å². The van der Waals surface area contributed by atoms with Gasteiger partial charge in [-0.25, -0.2) is 0 Å². The minimum absolute atomic E-state index is 0.168. The molecule has 1 aliphatic rings. The summed E-state index contributed by atoms with van der Waals surface area (Å²) in [5, 5.41) is 9.00. The maximum absolute atomic E-state index is 12.7. The third kappa shape index (κ3) is 1.78. The molecule has 1 aromatic rings. The summed E-state index contributed by atoms with van der Waals surface area (Å²) in [7, 11) is 0. The first kappa shape index (κ1) is 11.6. The van der Waals surface area contributed by atoms with Gasteiger partial charge in [-0.2, -0.15) is 18.4 Å². The van der Waals surface area contributed by atoms with E-state index in [9.17, 15) is 18.0 Å². The van der Waals surface area contributed by atoms with Crippen molar-refractivity contribution >= 4 is 5.78 Å². The molecule has 0 aliphatic heterocycles. The molecule has 0 unspecified atom stereocenters. The summed E-state index contributed by atoms with van der Waals surface area (Å²) in [6.07, 6.45) is -3.92. The SMILES string of the molecule is N#CC1(c2cccnc2C(F)(F)F)CC(=O)C1. The molecule has 0 amide bonds. The lowest BCUT2D eigenvalue weighted by Crippen LogP contribution is -2.42. The third-order valence-electron chi connectivity index (χ3n) is 2.80. The first-order valence-electron chi connectivity index (χ1n) is 4.85. The highest BCUT2D eigenvalue weighted by molar-refractivity contribution is 5.90. The molecule has 88 valence electrons. The fourth-order valence-corrected chi connectivity index (χ4v) is 1.97. The average Bonchev–Trinajstić information content (AvgIpc) is 2.23. The number of Topliss-reactive ketones (excluding diaryl/α,β-unsaturated/α-hetero) is 1. The monoisotopic (exact) mass is 240 g/mol. The molecule has 0 bridgehead atoms. The van der Waals surface area contributed by atoms with E-state index in [-0.39, 0.29) is 24.2 Å². The molecule has 1 saturated carbocycles. The smallest absolute Gasteiger partial charge is 0.300 e. The zero-order valence-electron chi connectivity index (χ0n) is 8.58. The maximum atomic E-state index is 12.7. The molecule has 0 N–H and O–H groups in total. The van der Waals surface area contributed by atoms with Crippen LogP contribution in [0, 0.1) is 11.3 Å². The Morgan fingerprint density at radius 2 is 2.06 bits per heavy atom. The Morgan fingerprint density at radius 1 is 1.41 bits per heavy atom. The van der Waals surface area contributed by atoms with E-state index in [1.165, 1.54) is 12.1 Å². The van der Waals surface area contributed by atoms with E-state index in [2.05, 4.69) is 4.98 Å². The molecule has 0 spiro atoms. The van der Waals surface area contributed by atoms with E-state index in [0.717, 1.165) is 6.20 Å². The van der Waals surface area contributed by atoms with Gasteiger partial charge < -0.3 is 0 Å². The van der Waals surface area contributed by atoms with Crippen molar-refractivity contribution in [2.45, 2.75) is 24.4 Å². The summed E-state index contributed by atoms with van der Waals surface area (Å²) >= 11 is 0. The zero-order chi connectivity index (χ0) is 12.7. The van der Waals surface area contributed by atoms with Gasteiger partial charge in [-0.05, 0) is 6.07 Å². The predicted molar refractivity (Wildman–Crippen MR) is 50.8 cm³/mol. The van der Waals surface area contributed by atoms with Crippen molar-refractivity contribution in [2.24, 2.45) is 0 Å². The van der Waals surface area contributed by atoms with Crippen LogP contribution < -0.4 is 0 Å². The van der Waals surface area contributed by atoms with Crippen LogP contribution in [-0.4, -0.2) is 10.8 Å². The number of rotatable bonds is 1. The molecule has 2 rings (SSSR count). The summed E-state index contributed by atoms with van der Waals surface area (Å²) in [6.45, 7) is 0. The maximum Gasteiger partial charge on any atom is 0.433 e. The summed E-state index contributed by atoms with van der Waals surface area (Å²) < 4.78 is 38.1. The van der Waals surface area contributed by atoms with Crippen LogP contribution in [-0.2, 0) is 16.4 Å². The highest BCUT2D eigenvalue weighted by Crippen LogP contribution is 2.45. The van der Waals surface area contributed by atoms with Crippen molar-refractivity contribution in [3.05, 3.63) is 29.6 Å². The molecule has 0 atom stereocenters. The van der Waals surface area contributed by atoms with E-state index in [4.69, 9.17) is 5.26 Å². The van der Waals surface area contributed by atoms with E-state index >= 15 is 0 Å². The zero-order valence-corrected chi connectivity index (χ0v) is 8.58. The topological polar surface area (TPSA) is 53.8 Å². The van der Waals surface area contributed by atoms with Crippen molar-refractivity contribution in [3.63, 3.8) is 0 Å². The molecule has 1 heterocycles. The van der Waals surface area contributed by atoms with Gasteiger partial charge in [0, 0.05) is 24.6 Å². The van der Waals surface area contributed by atoms with Crippen LogP contribution in [0.4, 0.5) is 13.2 Å². The van der Waals surface area contributed by atoms with Gasteiger partial charge in [0.25, 0.3) is 0 Å². The summed E-state index contributed by atoms with van der Waals surface area (Å²) in [5.74, 6) is -0.205. The number of hydrogen-bond donors (Lipinski definition) is 0. The van der Waals surface area contributed by atoms with Gasteiger partial charge >= 0.3 is 6.18 Å². The fourth-order valence-electron chi connectivity index (χ4n) is 1.97. The van der Waals surface area contributed by atoms with E-state index in [1.54, 1.807) is 0 Å². The molecule has 17 heavy (non-hydrogen) atoms. The number of halogens is 3. The predicted octanol–water partition coefficient (Wildman–Crippen LogP) is 2.22. The van der Waals surface area contributed by atoms with Gasteiger partial charge in [0.2, 0.25) is 0 Å². The van der Waals surface area contributed by atoms with Gasteiger partial charge in [-0.1, -0.05) is 6.07 Å². The first-order chi connectivity index (χ1) is 7.89. The molecule has 1 fully saturated rings. The number of pyridine rings is 1. The summed E-state index contributed by atoms with van der Waals surface area (Å²) in [5.41, 5.74) is -2.63. The highest BCUT2D eigenvalue weighted by Gasteiger charge is 2.50. The molecular weight excluding hydrogens is 233 g/mol.